The smallest absolute Gasteiger partial charge is 0.229 e. The van der Waals surface area contributed by atoms with Crippen LogP contribution in [0.4, 0.5) is 5.82 Å². The molecule has 1 aromatic heterocycles. The van der Waals surface area contributed by atoms with Crippen molar-refractivity contribution in [2.24, 2.45) is 5.92 Å². The third-order valence-electron chi connectivity index (χ3n) is 3.77. The van der Waals surface area contributed by atoms with Gasteiger partial charge in [-0.1, -0.05) is 31.2 Å². The van der Waals surface area contributed by atoms with Crippen LogP contribution in [0.1, 0.15) is 23.6 Å². The summed E-state index contributed by atoms with van der Waals surface area (Å²) >= 11 is 0. The quantitative estimate of drug-likeness (QED) is 0.884. The Hall–Kier alpha value is -2.10. The first-order valence-electron chi connectivity index (χ1n) is 6.67. The number of aryl methyl sites for hydroxylation is 1. The Bertz CT molecular complexity index is 578. The van der Waals surface area contributed by atoms with E-state index in [1.54, 1.807) is 6.20 Å². The lowest BCUT2D eigenvalue weighted by Crippen LogP contribution is -2.23. The molecule has 0 aliphatic heterocycles. The minimum absolute atomic E-state index is 0.0328. The Balaban J connectivity index is 1.70. The van der Waals surface area contributed by atoms with E-state index in [9.17, 15) is 4.79 Å². The molecule has 0 atom stereocenters. The highest BCUT2D eigenvalue weighted by molar-refractivity contribution is 5.93. The highest BCUT2D eigenvalue weighted by atomic mass is 16.2. The number of carbonyl (C=O) groups excluding carboxylic acids is 1. The summed E-state index contributed by atoms with van der Waals surface area (Å²) in [6.45, 7) is 2.05. The van der Waals surface area contributed by atoms with Gasteiger partial charge in [0.1, 0.15) is 5.82 Å². The number of hydrogen-bond acceptors (Lipinski definition) is 2. The Labute approximate surface area is 112 Å². The molecule has 3 rings (SSSR count). The van der Waals surface area contributed by atoms with Crippen LogP contribution in [0.15, 0.2) is 30.5 Å². The molecule has 0 spiro atoms. The average molecular weight is 255 g/mol. The van der Waals surface area contributed by atoms with Crippen LogP contribution >= 0.6 is 0 Å². The summed E-state index contributed by atoms with van der Waals surface area (Å²) in [5, 5.41) is 9.78. The van der Waals surface area contributed by atoms with Crippen LogP contribution in [-0.4, -0.2) is 16.1 Å². The number of rotatable bonds is 3. The molecule has 0 saturated heterocycles. The molecule has 0 fully saturated rings. The lowest BCUT2D eigenvalue weighted by molar-refractivity contribution is -0.119. The van der Waals surface area contributed by atoms with Crippen molar-refractivity contribution in [3.05, 3.63) is 47.2 Å². The first-order chi connectivity index (χ1) is 9.28. The lowest BCUT2D eigenvalue weighted by atomic mass is 10.1. The topological polar surface area (TPSA) is 57.8 Å². The standard InChI is InChI=1S/C15H17N3O/c1-2-10-9-16-18-14(10)17-15(19)13-7-11-5-3-4-6-12(11)8-13/h3-6,9,13H,2,7-8H2,1H3,(H2,16,17,18,19). The second kappa shape index (κ2) is 4.88. The zero-order valence-electron chi connectivity index (χ0n) is 10.9. The SMILES string of the molecule is CCc1cn[nH]c1NC(=O)C1Cc2ccccc2C1. The number of aromatic nitrogens is 2. The number of carbonyl (C=O) groups is 1. The van der Waals surface area contributed by atoms with Crippen LogP contribution in [0, 0.1) is 5.92 Å². The second-order valence-electron chi connectivity index (χ2n) is 4.99. The second-order valence-corrected chi connectivity index (χ2v) is 4.99. The molecule has 4 nitrogen and oxygen atoms in total. The van der Waals surface area contributed by atoms with E-state index in [0.717, 1.165) is 30.6 Å². The summed E-state index contributed by atoms with van der Waals surface area (Å²) in [6.07, 6.45) is 4.28. The van der Waals surface area contributed by atoms with Gasteiger partial charge in [-0.25, -0.2) is 0 Å². The van der Waals surface area contributed by atoms with E-state index in [-0.39, 0.29) is 11.8 Å². The van der Waals surface area contributed by atoms with Crippen LogP contribution in [0.25, 0.3) is 0 Å². The van der Waals surface area contributed by atoms with Crippen molar-refractivity contribution in [3.63, 3.8) is 0 Å². The average Bonchev–Trinajstić information content (AvgIpc) is 3.03. The summed E-state index contributed by atoms with van der Waals surface area (Å²) in [6, 6.07) is 8.28. The summed E-state index contributed by atoms with van der Waals surface area (Å²) < 4.78 is 0. The van der Waals surface area contributed by atoms with E-state index < -0.39 is 0 Å². The number of nitrogens with zero attached hydrogens (tertiary/aromatic N) is 1. The summed E-state index contributed by atoms with van der Waals surface area (Å²) in [5.41, 5.74) is 3.63. The van der Waals surface area contributed by atoms with Gasteiger partial charge in [0.2, 0.25) is 5.91 Å². The van der Waals surface area contributed by atoms with Gasteiger partial charge in [0.25, 0.3) is 0 Å². The van der Waals surface area contributed by atoms with Gasteiger partial charge >= 0.3 is 0 Å². The summed E-state index contributed by atoms with van der Waals surface area (Å²) in [7, 11) is 0. The van der Waals surface area contributed by atoms with Crippen molar-refractivity contribution in [1.29, 1.82) is 0 Å². The van der Waals surface area contributed by atoms with Crippen LogP contribution in [0.2, 0.25) is 0 Å². The maximum absolute atomic E-state index is 12.3. The Kier molecular flexibility index (Phi) is 3.07. The van der Waals surface area contributed by atoms with E-state index in [2.05, 4.69) is 27.6 Å². The molecule has 0 unspecified atom stereocenters. The van der Waals surface area contributed by atoms with Gasteiger partial charge in [-0.3, -0.25) is 9.89 Å². The molecular weight excluding hydrogens is 238 g/mol. The van der Waals surface area contributed by atoms with Gasteiger partial charge in [0.15, 0.2) is 0 Å². The molecule has 0 saturated carbocycles. The van der Waals surface area contributed by atoms with Crippen LogP contribution in [-0.2, 0) is 24.1 Å². The maximum Gasteiger partial charge on any atom is 0.229 e. The molecule has 1 aliphatic carbocycles. The number of H-pyrrole nitrogens is 1. The monoisotopic (exact) mass is 255 g/mol. The predicted molar refractivity (Wildman–Crippen MR) is 73.9 cm³/mol. The molecule has 98 valence electrons. The summed E-state index contributed by atoms with van der Waals surface area (Å²) in [4.78, 5) is 12.3. The van der Waals surface area contributed by atoms with Crippen molar-refractivity contribution < 1.29 is 4.79 Å². The maximum atomic E-state index is 12.3. The minimum atomic E-state index is 0.0328. The molecule has 1 amide bonds. The molecular formula is C15H17N3O. The molecule has 0 bridgehead atoms. The number of fused-ring (bicyclic) bond motifs is 1. The van der Waals surface area contributed by atoms with E-state index in [1.807, 2.05) is 19.1 Å². The van der Waals surface area contributed by atoms with E-state index in [0.29, 0.717) is 0 Å². The Morgan fingerprint density at radius 3 is 2.68 bits per heavy atom. The largest absolute Gasteiger partial charge is 0.311 e. The van der Waals surface area contributed by atoms with E-state index in [1.165, 1.54) is 11.1 Å². The third kappa shape index (κ3) is 2.26. The number of anilines is 1. The van der Waals surface area contributed by atoms with Gasteiger partial charge in [0, 0.05) is 11.5 Å². The van der Waals surface area contributed by atoms with Gasteiger partial charge in [-0.15, -0.1) is 0 Å². The van der Waals surface area contributed by atoms with Gasteiger partial charge in [-0.05, 0) is 30.4 Å². The van der Waals surface area contributed by atoms with E-state index >= 15 is 0 Å². The third-order valence-corrected chi connectivity index (χ3v) is 3.77. The number of benzene rings is 1. The highest BCUT2D eigenvalue weighted by Gasteiger charge is 2.27. The Morgan fingerprint density at radius 2 is 2.05 bits per heavy atom. The fourth-order valence-electron chi connectivity index (χ4n) is 2.66. The zero-order valence-corrected chi connectivity index (χ0v) is 10.9. The zero-order chi connectivity index (χ0) is 13.2. The normalized spacial score (nSPS) is 14.4. The van der Waals surface area contributed by atoms with Crippen molar-refractivity contribution >= 4 is 11.7 Å². The number of amides is 1. The molecule has 1 heterocycles. The van der Waals surface area contributed by atoms with Crippen molar-refractivity contribution in [1.82, 2.24) is 10.2 Å². The number of nitrogens with one attached hydrogen (secondary N) is 2. The fourth-order valence-corrected chi connectivity index (χ4v) is 2.66. The van der Waals surface area contributed by atoms with Gasteiger partial charge < -0.3 is 5.32 Å². The molecule has 2 N–H and O–H groups in total. The lowest BCUT2D eigenvalue weighted by Gasteiger charge is -2.09. The fraction of sp³-hybridized carbons (Fsp3) is 0.333. The van der Waals surface area contributed by atoms with Crippen LogP contribution in [0.3, 0.4) is 0 Å². The first-order valence-corrected chi connectivity index (χ1v) is 6.67. The number of hydrogen-bond donors (Lipinski definition) is 2. The van der Waals surface area contributed by atoms with Crippen LogP contribution < -0.4 is 5.32 Å². The van der Waals surface area contributed by atoms with Crippen molar-refractivity contribution in [2.45, 2.75) is 26.2 Å². The minimum Gasteiger partial charge on any atom is -0.311 e. The molecule has 2 aromatic rings. The molecule has 1 aromatic carbocycles. The van der Waals surface area contributed by atoms with E-state index in [4.69, 9.17) is 0 Å². The first kappa shape index (κ1) is 12.0. The highest BCUT2D eigenvalue weighted by Crippen LogP contribution is 2.27. The Morgan fingerprint density at radius 1 is 1.37 bits per heavy atom. The number of aromatic amines is 1. The summed E-state index contributed by atoms with van der Waals surface area (Å²) in [5.74, 6) is 0.851. The predicted octanol–water partition coefficient (Wildman–Crippen LogP) is 2.33. The van der Waals surface area contributed by atoms with Gasteiger partial charge in [-0.2, -0.15) is 5.10 Å². The molecule has 4 heteroatoms. The molecule has 19 heavy (non-hydrogen) atoms. The molecule has 1 aliphatic rings. The molecule has 0 radical (unpaired) electrons. The van der Waals surface area contributed by atoms with Crippen LogP contribution in [0.5, 0.6) is 0 Å². The van der Waals surface area contributed by atoms with Crippen molar-refractivity contribution in [3.8, 4) is 0 Å². The van der Waals surface area contributed by atoms with Crippen molar-refractivity contribution in [2.75, 3.05) is 5.32 Å². The van der Waals surface area contributed by atoms with Gasteiger partial charge in [0.05, 0.1) is 6.20 Å².